The Balaban J connectivity index is 1.18. The number of pyridine rings is 1. The zero-order chi connectivity index (χ0) is 20.7. The zero-order valence-corrected chi connectivity index (χ0v) is 16.6. The van der Waals surface area contributed by atoms with Crippen molar-refractivity contribution in [2.24, 2.45) is 0 Å². The Morgan fingerprint density at radius 3 is 2.70 bits per heavy atom. The molecule has 0 aliphatic carbocycles. The number of rotatable bonds is 4. The van der Waals surface area contributed by atoms with Gasteiger partial charge in [-0.3, -0.25) is 9.88 Å². The van der Waals surface area contributed by atoms with Gasteiger partial charge >= 0.3 is 0 Å². The third kappa shape index (κ3) is 3.59. The molecule has 5 rings (SSSR count). The standard InChI is InChI=1S/C22H24F2N4O2/c23-17-12-16-19(13-18(17)24)30-26-20(16)15-3-7-27(8-4-15)10-11-28-9-5-14-2-1-6-25-21(14)22(28)29/h1-2,6,12-13,15,22,29H,3-5,7-11H2. The van der Waals surface area contributed by atoms with Crippen LogP contribution >= 0.6 is 0 Å². The van der Waals surface area contributed by atoms with Crippen molar-refractivity contribution in [2.45, 2.75) is 31.4 Å². The van der Waals surface area contributed by atoms with Crippen LogP contribution in [0.25, 0.3) is 11.0 Å². The number of nitrogens with zero attached hydrogens (tertiary/aromatic N) is 4. The van der Waals surface area contributed by atoms with Gasteiger partial charge in [-0.05, 0) is 50.0 Å². The third-order valence-corrected chi connectivity index (χ3v) is 6.40. The van der Waals surface area contributed by atoms with E-state index in [0.717, 1.165) is 75.0 Å². The van der Waals surface area contributed by atoms with Gasteiger partial charge in [0, 0.05) is 43.2 Å². The molecule has 1 unspecified atom stereocenters. The highest BCUT2D eigenvalue weighted by atomic mass is 19.2. The van der Waals surface area contributed by atoms with E-state index in [2.05, 4.69) is 19.9 Å². The Hall–Kier alpha value is -2.42. The second-order valence-electron chi connectivity index (χ2n) is 8.15. The first kappa shape index (κ1) is 19.5. The summed E-state index contributed by atoms with van der Waals surface area (Å²) in [6.07, 6.45) is 3.74. The number of hydrogen-bond donors (Lipinski definition) is 1. The molecule has 0 spiro atoms. The van der Waals surface area contributed by atoms with E-state index in [4.69, 9.17) is 4.52 Å². The Bertz CT molecular complexity index is 1050. The second kappa shape index (κ2) is 8.02. The van der Waals surface area contributed by atoms with E-state index in [1.165, 1.54) is 6.07 Å². The van der Waals surface area contributed by atoms with Crippen molar-refractivity contribution >= 4 is 11.0 Å². The van der Waals surface area contributed by atoms with Gasteiger partial charge in [0.1, 0.15) is 0 Å². The van der Waals surface area contributed by atoms with E-state index in [1.54, 1.807) is 6.20 Å². The highest BCUT2D eigenvalue weighted by molar-refractivity contribution is 5.80. The number of aliphatic hydroxyl groups is 1. The lowest BCUT2D eigenvalue weighted by atomic mass is 9.91. The van der Waals surface area contributed by atoms with Crippen LogP contribution in [0.1, 0.15) is 41.9 Å². The van der Waals surface area contributed by atoms with Gasteiger partial charge in [0.2, 0.25) is 0 Å². The van der Waals surface area contributed by atoms with Crippen LogP contribution in [0.2, 0.25) is 0 Å². The minimum Gasteiger partial charge on any atom is -0.372 e. The van der Waals surface area contributed by atoms with E-state index in [-0.39, 0.29) is 5.92 Å². The average molecular weight is 414 g/mol. The van der Waals surface area contributed by atoms with Crippen molar-refractivity contribution in [3.05, 3.63) is 59.0 Å². The molecule has 0 amide bonds. The topological polar surface area (TPSA) is 65.6 Å². The molecule has 0 bridgehead atoms. The quantitative estimate of drug-likeness (QED) is 0.707. The van der Waals surface area contributed by atoms with E-state index >= 15 is 0 Å². The normalized spacial score (nSPS) is 21.2. The molecule has 1 fully saturated rings. The fourth-order valence-corrected chi connectivity index (χ4v) is 4.63. The zero-order valence-electron chi connectivity index (χ0n) is 16.6. The summed E-state index contributed by atoms with van der Waals surface area (Å²) in [5.74, 6) is -1.62. The first-order valence-corrected chi connectivity index (χ1v) is 10.4. The second-order valence-corrected chi connectivity index (χ2v) is 8.15. The SMILES string of the molecule is OC1c2ncccc2CCN1CCN1CCC(c2noc3cc(F)c(F)cc23)CC1. The van der Waals surface area contributed by atoms with Crippen molar-refractivity contribution in [3.63, 3.8) is 0 Å². The lowest BCUT2D eigenvalue weighted by molar-refractivity contribution is -0.0158. The van der Waals surface area contributed by atoms with Crippen LogP contribution in [-0.4, -0.2) is 57.8 Å². The molecule has 0 saturated carbocycles. The fraction of sp³-hybridized carbons (Fsp3) is 0.455. The van der Waals surface area contributed by atoms with Crippen LogP contribution in [0.3, 0.4) is 0 Å². The maximum absolute atomic E-state index is 13.7. The van der Waals surface area contributed by atoms with Gasteiger partial charge in [-0.25, -0.2) is 8.78 Å². The molecule has 30 heavy (non-hydrogen) atoms. The van der Waals surface area contributed by atoms with Gasteiger partial charge in [-0.2, -0.15) is 0 Å². The number of hydrogen-bond acceptors (Lipinski definition) is 6. The molecular weight excluding hydrogens is 390 g/mol. The van der Waals surface area contributed by atoms with E-state index < -0.39 is 17.9 Å². The molecule has 1 saturated heterocycles. The Kier molecular flexibility index (Phi) is 5.22. The molecule has 2 aromatic heterocycles. The number of likely N-dealkylation sites (tertiary alicyclic amines) is 1. The number of fused-ring (bicyclic) bond motifs is 2. The number of aromatic nitrogens is 2. The van der Waals surface area contributed by atoms with Crippen molar-refractivity contribution in [1.29, 1.82) is 0 Å². The summed E-state index contributed by atoms with van der Waals surface area (Å²) in [5, 5.41) is 15.3. The van der Waals surface area contributed by atoms with Gasteiger partial charge in [0.25, 0.3) is 0 Å². The van der Waals surface area contributed by atoms with Crippen LogP contribution < -0.4 is 0 Å². The van der Waals surface area contributed by atoms with Gasteiger partial charge in [0.05, 0.1) is 11.4 Å². The fourth-order valence-electron chi connectivity index (χ4n) is 4.63. The molecule has 1 atom stereocenters. The molecule has 1 aromatic carbocycles. The van der Waals surface area contributed by atoms with Crippen molar-refractivity contribution < 1.29 is 18.4 Å². The predicted octanol–water partition coefficient (Wildman–Crippen LogP) is 3.23. The van der Waals surface area contributed by atoms with Crippen LogP contribution in [0.4, 0.5) is 8.78 Å². The summed E-state index contributed by atoms with van der Waals surface area (Å²) in [6.45, 7) is 4.25. The minimum absolute atomic E-state index is 0.170. The Morgan fingerprint density at radius 1 is 1.07 bits per heavy atom. The van der Waals surface area contributed by atoms with Gasteiger partial charge in [-0.15, -0.1) is 0 Å². The molecule has 2 aliphatic rings. The van der Waals surface area contributed by atoms with Crippen LogP contribution in [0.15, 0.2) is 35.0 Å². The molecule has 0 radical (unpaired) electrons. The molecule has 4 heterocycles. The number of benzene rings is 1. The van der Waals surface area contributed by atoms with E-state index in [1.807, 2.05) is 12.1 Å². The van der Waals surface area contributed by atoms with Gasteiger partial charge < -0.3 is 14.5 Å². The Labute approximate surface area is 173 Å². The molecule has 158 valence electrons. The predicted molar refractivity (Wildman–Crippen MR) is 107 cm³/mol. The number of aliphatic hydroxyl groups excluding tert-OH is 1. The van der Waals surface area contributed by atoms with Crippen molar-refractivity contribution in [3.8, 4) is 0 Å². The van der Waals surface area contributed by atoms with Crippen LogP contribution in [-0.2, 0) is 6.42 Å². The van der Waals surface area contributed by atoms with Crippen LogP contribution in [0, 0.1) is 11.6 Å². The summed E-state index contributed by atoms with van der Waals surface area (Å²) in [6, 6.07) is 6.19. The molecule has 2 aliphatic heterocycles. The smallest absolute Gasteiger partial charge is 0.170 e. The minimum atomic E-state index is -0.919. The summed E-state index contributed by atoms with van der Waals surface area (Å²) >= 11 is 0. The molecule has 8 heteroatoms. The summed E-state index contributed by atoms with van der Waals surface area (Å²) in [7, 11) is 0. The molecule has 1 N–H and O–H groups in total. The van der Waals surface area contributed by atoms with E-state index in [0.29, 0.717) is 11.0 Å². The summed E-state index contributed by atoms with van der Waals surface area (Å²) in [4.78, 5) is 8.80. The molecule has 6 nitrogen and oxygen atoms in total. The average Bonchev–Trinajstić information content (AvgIpc) is 3.16. The highest BCUT2D eigenvalue weighted by Gasteiger charge is 2.29. The maximum atomic E-state index is 13.7. The lowest BCUT2D eigenvalue weighted by Crippen LogP contribution is -2.43. The van der Waals surface area contributed by atoms with Crippen molar-refractivity contribution in [2.75, 3.05) is 32.7 Å². The van der Waals surface area contributed by atoms with Crippen molar-refractivity contribution in [1.82, 2.24) is 19.9 Å². The highest BCUT2D eigenvalue weighted by Crippen LogP contribution is 2.33. The lowest BCUT2D eigenvalue weighted by Gasteiger charge is -2.36. The van der Waals surface area contributed by atoms with E-state index in [9.17, 15) is 13.9 Å². The monoisotopic (exact) mass is 414 g/mol. The summed E-state index contributed by atoms with van der Waals surface area (Å²) < 4.78 is 32.3. The largest absolute Gasteiger partial charge is 0.372 e. The summed E-state index contributed by atoms with van der Waals surface area (Å²) in [5.41, 5.74) is 2.90. The maximum Gasteiger partial charge on any atom is 0.170 e. The van der Waals surface area contributed by atoms with Crippen LogP contribution in [0.5, 0.6) is 0 Å². The Morgan fingerprint density at radius 2 is 1.87 bits per heavy atom. The molecular formula is C22H24F2N4O2. The van der Waals surface area contributed by atoms with Gasteiger partial charge in [0.15, 0.2) is 23.4 Å². The number of piperidine rings is 1. The molecule has 3 aromatic rings. The first-order chi connectivity index (χ1) is 14.6. The number of halogens is 2. The van der Waals surface area contributed by atoms with Gasteiger partial charge in [-0.1, -0.05) is 11.2 Å². The first-order valence-electron chi connectivity index (χ1n) is 10.4. The third-order valence-electron chi connectivity index (χ3n) is 6.40.